The number of aryl methyl sites for hydroxylation is 2. The number of aliphatic hydroxyl groups is 1. The first-order chi connectivity index (χ1) is 33.8. The molecule has 0 spiro atoms. The number of ether oxygens (including phenoxy) is 3. The Labute approximate surface area is 408 Å². The number of cyclic esters (lactones) is 1. The van der Waals surface area contributed by atoms with E-state index in [1.54, 1.807) is 37.7 Å². The van der Waals surface area contributed by atoms with Crippen molar-refractivity contribution in [3.8, 4) is 22.5 Å². The number of hydrogen-bond acceptors (Lipinski definition) is 11. The van der Waals surface area contributed by atoms with Gasteiger partial charge in [-0.3, -0.25) is 24.0 Å². The highest BCUT2D eigenvalue weighted by Gasteiger charge is 2.35. The number of fused-ring (bicyclic) bond motifs is 8. The molecule has 17 heteroatoms. The molecule has 3 aliphatic rings. The molecule has 0 radical (unpaired) electrons. The number of carbonyl (C=O) groups is 5. The van der Waals surface area contributed by atoms with Crippen LogP contribution in [0.3, 0.4) is 0 Å². The Kier molecular flexibility index (Phi) is 21.8. The molecule has 4 heterocycles. The number of esters is 1. The molecule has 5 N–H and O–H groups in total. The summed E-state index contributed by atoms with van der Waals surface area (Å²) >= 11 is 0. The summed E-state index contributed by atoms with van der Waals surface area (Å²) in [5, 5.41) is 21.0. The van der Waals surface area contributed by atoms with Crippen LogP contribution in [0.25, 0.3) is 33.4 Å². The standard InChI is InChI=1S/C28H29FN4O7.C15H14O.C6H12N2O2.2C2H6/c1-14-7-17-16(5-3-4-6-39-13-31-26(36)15(2)30-12-34)19-10-33-23(24(19)32-22(17)9-21(14)29)8-18-20(27(33)37)11-40-28(38)25(18)35;1-16-10-15-13-8-4-2-6-11(13)12-7-3-5-9-14(12)15;1-5(2)8-6(10)3-7-4-9;2*1-2/h7-9,12,15,25,35H,3-6,10-11,13H2,1-2H3,(H,30,34)(H,31,36);2-9,15H,10H2,1H3;4-5H,3H2,1-2H3,(H,7,9)(H,8,10);2*1-2H3/t15-,25?;;;;/m0..../s1. The monoisotopic (exact) mass is 966 g/mol. The number of unbranched alkanes of at least 4 members (excludes halogenated alkanes) is 1. The van der Waals surface area contributed by atoms with Gasteiger partial charge in [0.2, 0.25) is 24.6 Å². The second-order valence-corrected chi connectivity index (χ2v) is 16.4. The van der Waals surface area contributed by atoms with Crippen LogP contribution in [-0.4, -0.2) is 90.9 Å². The van der Waals surface area contributed by atoms with Crippen LogP contribution in [-0.2, 0) is 57.8 Å². The Bertz CT molecular complexity index is 2620. The van der Waals surface area contributed by atoms with E-state index in [9.17, 15) is 38.3 Å². The van der Waals surface area contributed by atoms with Crippen molar-refractivity contribution >= 4 is 41.5 Å². The molecule has 0 saturated heterocycles. The predicted octanol–water partition coefficient (Wildman–Crippen LogP) is 6.27. The fraction of sp³-hybridized carbons (Fsp3) is 0.415. The smallest absolute Gasteiger partial charge is 0.340 e. The van der Waals surface area contributed by atoms with Crippen molar-refractivity contribution < 1.29 is 47.7 Å². The molecule has 8 rings (SSSR count). The number of halogens is 1. The fourth-order valence-corrected chi connectivity index (χ4v) is 8.27. The molecule has 16 nitrogen and oxygen atoms in total. The van der Waals surface area contributed by atoms with Crippen LogP contribution in [0.15, 0.2) is 71.5 Å². The van der Waals surface area contributed by atoms with Crippen molar-refractivity contribution in [3.05, 3.63) is 122 Å². The minimum absolute atomic E-state index is 0.0106. The first-order valence-corrected chi connectivity index (χ1v) is 23.7. The lowest BCUT2D eigenvalue weighted by molar-refractivity contribution is -0.157. The first kappa shape index (κ1) is 55.8. The zero-order valence-electron chi connectivity index (χ0n) is 41.6. The average Bonchev–Trinajstić information content (AvgIpc) is 3.89. The molecule has 5 aromatic rings. The van der Waals surface area contributed by atoms with Crippen LogP contribution in [0.1, 0.15) is 112 Å². The van der Waals surface area contributed by atoms with Gasteiger partial charge in [0.25, 0.3) is 5.56 Å². The molecule has 4 amide bonds. The second-order valence-electron chi connectivity index (χ2n) is 16.4. The van der Waals surface area contributed by atoms with E-state index in [0.717, 1.165) is 23.1 Å². The number of carbonyl (C=O) groups excluding carboxylic acids is 5. The Hall–Kier alpha value is -6.82. The summed E-state index contributed by atoms with van der Waals surface area (Å²) in [6.45, 7) is 16.2. The SMILES string of the molecule is CC.CC.CC(C)NC(=O)CNC=O.COCC1c2ccccc2-c2ccccc21.Cc1cc2c(CCCCOCNC(=O)[C@H](C)NC=O)c3c(nc2cc1F)-c1cc2c(c(=O)n1C3)COC(=O)C2O. The van der Waals surface area contributed by atoms with Gasteiger partial charge < -0.3 is 45.2 Å². The van der Waals surface area contributed by atoms with Crippen LogP contribution in [0.5, 0.6) is 0 Å². The maximum atomic E-state index is 14.5. The summed E-state index contributed by atoms with van der Waals surface area (Å²) in [6, 6.07) is 21.4. The van der Waals surface area contributed by atoms with Crippen LogP contribution in [0.2, 0.25) is 0 Å². The number of methoxy groups -OCH3 is 1. The Morgan fingerprint density at radius 1 is 0.929 bits per heavy atom. The molecule has 0 bridgehead atoms. The van der Waals surface area contributed by atoms with E-state index in [0.29, 0.717) is 67.1 Å². The lowest BCUT2D eigenvalue weighted by Gasteiger charge is -2.21. The maximum absolute atomic E-state index is 14.5. The summed E-state index contributed by atoms with van der Waals surface area (Å²) < 4.78 is 31.9. The summed E-state index contributed by atoms with van der Waals surface area (Å²) in [4.78, 5) is 72.6. The van der Waals surface area contributed by atoms with Crippen LogP contribution in [0, 0.1) is 12.7 Å². The predicted molar refractivity (Wildman–Crippen MR) is 266 cm³/mol. The third-order valence-corrected chi connectivity index (χ3v) is 11.5. The topological polar surface area (TPSA) is 216 Å². The summed E-state index contributed by atoms with van der Waals surface area (Å²) in [5.74, 6) is -1.32. The van der Waals surface area contributed by atoms with Gasteiger partial charge in [0.1, 0.15) is 25.2 Å². The van der Waals surface area contributed by atoms with E-state index in [4.69, 9.17) is 19.2 Å². The molecule has 2 atom stereocenters. The molecule has 2 aliphatic heterocycles. The van der Waals surface area contributed by atoms with E-state index < -0.39 is 23.9 Å². The fourth-order valence-electron chi connectivity index (χ4n) is 8.27. The van der Waals surface area contributed by atoms with E-state index >= 15 is 0 Å². The van der Waals surface area contributed by atoms with Gasteiger partial charge in [0.15, 0.2) is 6.10 Å². The highest BCUT2D eigenvalue weighted by atomic mass is 19.1. The number of aromatic nitrogens is 2. The van der Waals surface area contributed by atoms with Crippen molar-refractivity contribution in [1.82, 2.24) is 30.8 Å². The molecule has 70 heavy (non-hydrogen) atoms. The number of benzene rings is 3. The lowest BCUT2D eigenvalue weighted by atomic mass is 9.94. The van der Waals surface area contributed by atoms with Gasteiger partial charge in [-0.2, -0.15) is 0 Å². The first-order valence-electron chi connectivity index (χ1n) is 23.7. The highest BCUT2D eigenvalue weighted by molar-refractivity contribution is 5.89. The maximum Gasteiger partial charge on any atom is 0.340 e. The lowest BCUT2D eigenvalue weighted by Crippen LogP contribution is -2.42. The summed E-state index contributed by atoms with van der Waals surface area (Å²) in [7, 11) is 1.77. The van der Waals surface area contributed by atoms with Crippen molar-refractivity contribution in [1.29, 1.82) is 0 Å². The summed E-state index contributed by atoms with van der Waals surface area (Å²) in [5.41, 5.74) is 9.30. The number of rotatable bonds is 16. The molecular formula is C53H67FN6O10. The van der Waals surface area contributed by atoms with Crippen molar-refractivity contribution in [2.24, 2.45) is 0 Å². The van der Waals surface area contributed by atoms with Gasteiger partial charge in [0, 0.05) is 48.3 Å². The number of pyridine rings is 2. The van der Waals surface area contributed by atoms with Crippen LogP contribution >= 0.6 is 0 Å². The average molecular weight is 967 g/mol. The molecule has 1 aliphatic carbocycles. The van der Waals surface area contributed by atoms with Gasteiger partial charge in [-0.05, 0) is 92.5 Å². The minimum atomic E-state index is -1.55. The second kappa shape index (κ2) is 27.4. The van der Waals surface area contributed by atoms with Gasteiger partial charge in [0.05, 0.1) is 42.2 Å². The molecule has 0 fully saturated rings. The molecule has 376 valence electrons. The third kappa shape index (κ3) is 13.5. The zero-order chi connectivity index (χ0) is 51.5. The Morgan fingerprint density at radius 3 is 2.20 bits per heavy atom. The van der Waals surface area contributed by atoms with E-state index in [2.05, 4.69) is 69.8 Å². The largest absolute Gasteiger partial charge is 0.458 e. The van der Waals surface area contributed by atoms with Crippen LogP contribution < -0.4 is 26.8 Å². The Balaban J connectivity index is 0.000000289. The molecular weight excluding hydrogens is 900 g/mol. The van der Waals surface area contributed by atoms with E-state index in [1.807, 2.05) is 41.5 Å². The van der Waals surface area contributed by atoms with E-state index in [-0.39, 0.29) is 61.0 Å². The Morgan fingerprint density at radius 2 is 1.59 bits per heavy atom. The number of amides is 4. The molecule has 3 aromatic carbocycles. The zero-order valence-corrected chi connectivity index (χ0v) is 41.6. The number of nitrogens with zero attached hydrogens (tertiary/aromatic N) is 2. The number of aliphatic hydroxyl groups excluding tert-OH is 1. The molecule has 0 saturated carbocycles. The third-order valence-electron chi connectivity index (χ3n) is 11.5. The minimum Gasteiger partial charge on any atom is -0.458 e. The highest BCUT2D eigenvalue weighted by Crippen LogP contribution is 2.44. The van der Waals surface area contributed by atoms with Gasteiger partial charge >= 0.3 is 5.97 Å². The normalized spacial score (nSPS) is 13.8. The van der Waals surface area contributed by atoms with E-state index in [1.165, 1.54) is 28.3 Å². The quantitative estimate of drug-likeness (QED) is 0.0316. The van der Waals surface area contributed by atoms with Crippen molar-refractivity contribution in [2.45, 2.75) is 112 Å². The van der Waals surface area contributed by atoms with Gasteiger partial charge in [-0.1, -0.05) is 76.2 Å². The molecule has 2 aromatic heterocycles. The summed E-state index contributed by atoms with van der Waals surface area (Å²) in [6.07, 6.45) is 1.39. The van der Waals surface area contributed by atoms with Crippen LogP contribution in [0.4, 0.5) is 4.39 Å². The number of hydrogen-bond donors (Lipinski definition) is 5. The van der Waals surface area contributed by atoms with Crippen molar-refractivity contribution in [3.63, 3.8) is 0 Å². The molecule has 1 unspecified atom stereocenters. The van der Waals surface area contributed by atoms with Gasteiger partial charge in [-0.25, -0.2) is 14.2 Å². The number of nitrogens with one attached hydrogen (secondary N) is 4. The van der Waals surface area contributed by atoms with Crippen molar-refractivity contribution in [2.75, 3.05) is 33.6 Å². The van der Waals surface area contributed by atoms with Gasteiger partial charge in [-0.15, -0.1) is 0 Å².